The summed E-state index contributed by atoms with van der Waals surface area (Å²) < 4.78 is 0.653. The maximum Gasteiger partial charge on any atom is 0.311 e. The molecule has 19 heavy (non-hydrogen) atoms. The van der Waals surface area contributed by atoms with Gasteiger partial charge in [0.25, 0.3) is 0 Å². The van der Waals surface area contributed by atoms with Gasteiger partial charge in [-0.3, -0.25) is 15.1 Å². The molecule has 6 heteroatoms. The molecule has 1 aromatic rings. The number of hydrogen-bond donors (Lipinski definition) is 1. The molecule has 0 bridgehead atoms. The number of pyridine rings is 1. The summed E-state index contributed by atoms with van der Waals surface area (Å²) in [6.07, 6.45) is 8.69. The van der Waals surface area contributed by atoms with E-state index >= 15 is 0 Å². The van der Waals surface area contributed by atoms with Crippen molar-refractivity contribution in [3.05, 3.63) is 27.0 Å². The standard InChI is InChI=1S/C13H18BrN3O2/c1-2-9-4-3-5-10(6-9)16-13-11(14)7-15-8-12(13)17(18)19/h7-10H,2-6H2,1H3,(H,15,16). The quantitative estimate of drug-likeness (QED) is 0.666. The third-order valence-electron chi connectivity index (χ3n) is 3.78. The molecular formula is C13H18BrN3O2. The molecule has 1 aromatic heterocycles. The summed E-state index contributed by atoms with van der Waals surface area (Å²) in [4.78, 5) is 14.5. The number of aromatic nitrogens is 1. The molecule has 2 atom stereocenters. The van der Waals surface area contributed by atoms with Crippen LogP contribution in [-0.4, -0.2) is 15.9 Å². The Labute approximate surface area is 121 Å². The van der Waals surface area contributed by atoms with Crippen LogP contribution in [0.3, 0.4) is 0 Å². The van der Waals surface area contributed by atoms with E-state index in [0.717, 1.165) is 18.8 Å². The van der Waals surface area contributed by atoms with E-state index in [1.54, 1.807) is 6.20 Å². The van der Waals surface area contributed by atoms with Gasteiger partial charge in [0.15, 0.2) is 0 Å². The van der Waals surface area contributed by atoms with Gasteiger partial charge in [-0.2, -0.15) is 0 Å². The van der Waals surface area contributed by atoms with Crippen molar-refractivity contribution >= 4 is 27.3 Å². The zero-order chi connectivity index (χ0) is 13.8. The molecule has 5 nitrogen and oxygen atoms in total. The summed E-state index contributed by atoms with van der Waals surface area (Å²) in [5.41, 5.74) is 0.592. The molecule has 0 aromatic carbocycles. The Bertz CT molecular complexity index is 467. The Hall–Kier alpha value is -1.17. The summed E-state index contributed by atoms with van der Waals surface area (Å²) in [7, 11) is 0. The first-order valence-corrected chi connectivity index (χ1v) is 7.45. The van der Waals surface area contributed by atoms with E-state index in [2.05, 4.69) is 33.2 Å². The highest BCUT2D eigenvalue weighted by atomic mass is 79.9. The second kappa shape index (κ2) is 6.32. The molecule has 1 aliphatic carbocycles. The topological polar surface area (TPSA) is 68.1 Å². The molecular weight excluding hydrogens is 310 g/mol. The fourth-order valence-electron chi connectivity index (χ4n) is 2.70. The predicted octanol–water partition coefficient (Wildman–Crippen LogP) is 4.13. The number of nitrogens with zero attached hydrogens (tertiary/aromatic N) is 2. The van der Waals surface area contributed by atoms with E-state index in [9.17, 15) is 10.1 Å². The van der Waals surface area contributed by atoms with Gasteiger partial charge in [-0.05, 0) is 34.7 Å². The van der Waals surface area contributed by atoms with Crippen molar-refractivity contribution in [2.75, 3.05) is 5.32 Å². The number of nitro groups is 1. The lowest BCUT2D eigenvalue weighted by Crippen LogP contribution is -2.27. The molecule has 0 saturated heterocycles. The zero-order valence-corrected chi connectivity index (χ0v) is 12.5. The van der Waals surface area contributed by atoms with Crippen LogP contribution in [0, 0.1) is 16.0 Å². The van der Waals surface area contributed by atoms with Crippen LogP contribution in [-0.2, 0) is 0 Å². The van der Waals surface area contributed by atoms with Crippen molar-refractivity contribution in [3.63, 3.8) is 0 Å². The summed E-state index contributed by atoms with van der Waals surface area (Å²) in [5, 5.41) is 14.4. The van der Waals surface area contributed by atoms with Gasteiger partial charge in [-0.1, -0.05) is 26.2 Å². The molecule has 1 N–H and O–H groups in total. The van der Waals surface area contributed by atoms with Gasteiger partial charge in [-0.25, -0.2) is 0 Å². The summed E-state index contributed by atoms with van der Waals surface area (Å²) >= 11 is 3.34. The fourth-order valence-corrected chi connectivity index (χ4v) is 3.14. The van der Waals surface area contributed by atoms with Crippen molar-refractivity contribution in [1.82, 2.24) is 4.98 Å². The number of halogens is 1. The predicted molar refractivity (Wildman–Crippen MR) is 78.3 cm³/mol. The minimum absolute atomic E-state index is 0.0352. The van der Waals surface area contributed by atoms with Crippen LogP contribution in [0.1, 0.15) is 39.0 Å². The Balaban J connectivity index is 2.16. The second-order valence-electron chi connectivity index (χ2n) is 5.05. The van der Waals surface area contributed by atoms with Gasteiger partial charge < -0.3 is 5.32 Å². The van der Waals surface area contributed by atoms with E-state index in [1.165, 1.54) is 25.5 Å². The Kier molecular flexibility index (Phi) is 4.74. The van der Waals surface area contributed by atoms with Crippen LogP contribution in [0.25, 0.3) is 0 Å². The molecule has 1 saturated carbocycles. The third-order valence-corrected chi connectivity index (χ3v) is 4.39. The lowest BCUT2D eigenvalue weighted by Gasteiger charge is -2.29. The molecule has 2 rings (SSSR count). The average molecular weight is 328 g/mol. The van der Waals surface area contributed by atoms with Gasteiger partial charge in [0.2, 0.25) is 0 Å². The third kappa shape index (κ3) is 3.43. The zero-order valence-electron chi connectivity index (χ0n) is 10.9. The first kappa shape index (κ1) is 14.2. The average Bonchev–Trinajstić information content (AvgIpc) is 2.41. The van der Waals surface area contributed by atoms with E-state index in [-0.39, 0.29) is 10.6 Å². The van der Waals surface area contributed by atoms with Crippen molar-refractivity contribution in [3.8, 4) is 0 Å². The molecule has 104 valence electrons. The van der Waals surface area contributed by atoms with Crippen molar-refractivity contribution < 1.29 is 4.92 Å². The Morgan fingerprint density at radius 1 is 1.53 bits per heavy atom. The molecule has 1 heterocycles. The molecule has 2 unspecified atom stereocenters. The van der Waals surface area contributed by atoms with Gasteiger partial charge >= 0.3 is 5.69 Å². The molecule has 0 amide bonds. The first-order chi connectivity index (χ1) is 9.11. The van der Waals surface area contributed by atoms with Gasteiger partial charge in [0.1, 0.15) is 11.9 Å². The summed E-state index contributed by atoms with van der Waals surface area (Å²) in [6, 6.07) is 0.316. The largest absolute Gasteiger partial charge is 0.376 e. The van der Waals surface area contributed by atoms with Crippen LogP contribution >= 0.6 is 15.9 Å². The smallest absolute Gasteiger partial charge is 0.311 e. The number of nitrogens with one attached hydrogen (secondary N) is 1. The van der Waals surface area contributed by atoms with Gasteiger partial charge in [-0.15, -0.1) is 0 Å². The van der Waals surface area contributed by atoms with Crippen molar-refractivity contribution in [2.45, 2.75) is 45.1 Å². The highest BCUT2D eigenvalue weighted by Gasteiger charge is 2.24. The summed E-state index contributed by atoms with van der Waals surface area (Å²) in [5.74, 6) is 0.728. The second-order valence-corrected chi connectivity index (χ2v) is 5.91. The van der Waals surface area contributed by atoms with Crippen LogP contribution < -0.4 is 5.32 Å². The lowest BCUT2D eigenvalue weighted by molar-refractivity contribution is -0.384. The number of anilines is 1. The molecule has 0 aliphatic heterocycles. The molecule has 0 spiro atoms. The molecule has 1 aliphatic rings. The number of rotatable bonds is 4. The minimum atomic E-state index is -0.389. The monoisotopic (exact) mass is 327 g/mol. The fraction of sp³-hybridized carbons (Fsp3) is 0.615. The minimum Gasteiger partial charge on any atom is -0.376 e. The highest BCUT2D eigenvalue weighted by Crippen LogP contribution is 2.35. The highest BCUT2D eigenvalue weighted by molar-refractivity contribution is 9.10. The van der Waals surface area contributed by atoms with Crippen LogP contribution in [0.4, 0.5) is 11.4 Å². The maximum absolute atomic E-state index is 11.0. The van der Waals surface area contributed by atoms with E-state index in [1.807, 2.05) is 0 Å². The van der Waals surface area contributed by atoms with Gasteiger partial charge in [0.05, 0.1) is 9.40 Å². The lowest BCUT2D eigenvalue weighted by atomic mass is 9.84. The van der Waals surface area contributed by atoms with Crippen molar-refractivity contribution in [2.24, 2.45) is 5.92 Å². The molecule has 0 radical (unpaired) electrons. The summed E-state index contributed by atoms with van der Waals surface area (Å²) in [6.45, 7) is 2.21. The molecule has 1 fully saturated rings. The van der Waals surface area contributed by atoms with Crippen molar-refractivity contribution in [1.29, 1.82) is 0 Å². The van der Waals surface area contributed by atoms with Gasteiger partial charge in [0, 0.05) is 12.2 Å². The van der Waals surface area contributed by atoms with E-state index in [4.69, 9.17) is 0 Å². The normalized spacial score (nSPS) is 23.1. The maximum atomic E-state index is 11.0. The van der Waals surface area contributed by atoms with E-state index in [0.29, 0.717) is 16.2 Å². The van der Waals surface area contributed by atoms with Crippen LogP contribution in [0.5, 0.6) is 0 Å². The SMILES string of the molecule is CCC1CCCC(Nc2c(Br)cncc2[N+](=O)[O-])C1. The first-order valence-electron chi connectivity index (χ1n) is 6.66. The Morgan fingerprint density at radius 3 is 3.00 bits per heavy atom. The van der Waals surface area contributed by atoms with Crippen LogP contribution in [0.2, 0.25) is 0 Å². The van der Waals surface area contributed by atoms with Crippen LogP contribution in [0.15, 0.2) is 16.9 Å². The number of hydrogen-bond acceptors (Lipinski definition) is 4. The Morgan fingerprint density at radius 2 is 2.32 bits per heavy atom. The van der Waals surface area contributed by atoms with E-state index < -0.39 is 0 Å².